The van der Waals surface area contributed by atoms with Crippen LogP contribution < -0.4 is 27.2 Å². The zero-order valence-corrected chi connectivity index (χ0v) is 20.8. The summed E-state index contributed by atoms with van der Waals surface area (Å²) in [5.74, 6) is 1.94. The second kappa shape index (κ2) is 12.7. The van der Waals surface area contributed by atoms with Crippen molar-refractivity contribution < 1.29 is 46.5 Å². The molecule has 0 saturated carbocycles. The van der Waals surface area contributed by atoms with E-state index in [4.69, 9.17) is 9.47 Å². The number of aromatic hydroxyl groups is 1. The molecule has 0 unspecified atom stereocenters. The molecule has 5 aromatic rings. The van der Waals surface area contributed by atoms with Gasteiger partial charge in [-0.25, -0.2) is 9.97 Å². The van der Waals surface area contributed by atoms with Crippen LogP contribution >= 0.6 is 0 Å². The normalized spacial score (nSPS) is 9.71. The van der Waals surface area contributed by atoms with Crippen molar-refractivity contribution in [3.05, 3.63) is 85.3 Å². The average molecular weight is 562 g/mol. The summed E-state index contributed by atoms with van der Waals surface area (Å²) in [4.78, 5) is 12.9. The first-order valence-corrected chi connectivity index (χ1v) is 9.83. The van der Waals surface area contributed by atoms with Gasteiger partial charge in [-0.1, -0.05) is 0 Å². The number of hydrogen-bond acceptors (Lipinski definition) is 7. The fourth-order valence-corrected chi connectivity index (χ4v) is 3.22. The van der Waals surface area contributed by atoms with Crippen molar-refractivity contribution in [2.75, 3.05) is 19.5 Å². The van der Waals surface area contributed by atoms with Crippen molar-refractivity contribution in [3.8, 4) is 17.2 Å². The van der Waals surface area contributed by atoms with E-state index in [1.54, 1.807) is 38.6 Å². The Labute approximate surface area is 216 Å². The third kappa shape index (κ3) is 5.90. The van der Waals surface area contributed by atoms with Gasteiger partial charge in [0.15, 0.2) is 11.5 Å². The van der Waals surface area contributed by atoms with Crippen molar-refractivity contribution in [3.63, 3.8) is 0 Å². The third-order valence-corrected chi connectivity index (χ3v) is 4.75. The molecule has 0 atom stereocenters. The van der Waals surface area contributed by atoms with Crippen molar-refractivity contribution in [2.45, 2.75) is 0 Å². The minimum atomic E-state index is 0. The minimum Gasteiger partial charge on any atom is -1.00 e. The van der Waals surface area contributed by atoms with Crippen LogP contribution in [0, 0.1) is 6.07 Å². The summed E-state index contributed by atoms with van der Waals surface area (Å²) in [5, 5.41) is 14.9. The third-order valence-electron chi connectivity index (χ3n) is 4.75. The number of ether oxygens (including phenoxy) is 2. The van der Waals surface area contributed by atoms with Crippen LogP contribution in [0.3, 0.4) is 0 Å². The maximum Gasteiger partial charge on any atom is 2.00 e. The van der Waals surface area contributed by atoms with E-state index >= 15 is 0 Å². The van der Waals surface area contributed by atoms with E-state index in [9.17, 15) is 5.11 Å². The van der Waals surface area contributed by atoms with E-state index < -0.39 is 0 Å². The van der Waals surface area contributed by atoms with Crippen LogP contribution in [0.25, 0.3) is 21.8 Å². The SMILES string of the molecule is COc1cc2ncnc(Nc3ccc(O)c4ncccc34)c2cc1OC.[Cl-].[Ru+2].[c-]1ccccc1. The van der Waals surface area contributed by atoms with Gasteiger partial charge in [0.05, 0.1) is 19.7 Å². The van der Waals surface area contributed by atoms with E-state index in [0.29, 0.717) is 22.8 Å². The number of hydrogen-bond donors (Lipinski definition) is 2. The van der Waals surface area contributed by atoms with Gasteiger partial charge in [-0.2, -0.15) is 36.4 Å². The van der Waals surface area contributed by atoms with Gasteiger partial charge in [0.1, 0.15) is 23.4 Å². The molecular formula is C25H21ClN4O3Ru. The molecule has 0 aliphatic carbocycles. The van der Waals surface area contributed by atoms with E-state index in [0.717, 1.165) is 22.0 Å². The zero-order valence-electron chi connectivity index (χ0n) is 18.3. The number of pyridine rings is 1. The van der Waals surface area contributed by atoms with Crippen LogP contribution in [-0.4, -0.2) is 34.3 Å². The first-order valence-electron chi connectivity index (χ1n) is 9.83. The van der Waals surface area contributed by atoms with E-state index in [2.05, 4.69) is 26.3 Å². The number of nitrogens with zero attached hydrogens (tertiary/aromatic N) is 3. The van der Waals surface area contributed by atoms with Gasteiger partial charge in [0.25, 0.3) is 0 Å². The Hall–Kier alpha value is -3.48. The van der Waals surface area contributed by atoms with Crippen molar-refractivity contribution in [2.24, 2.45) is 0 Å². The molecule has 0 aliphatic heterocycles. The molecular weight excluding hydrogens is 541 g/mol. The molecule has 0 amide bonds. The second-order valence-corrected chi connectivity index (χ2v) is 6.68. The molecule has 0 bridgehead atoms. The Kier molecular flexibility index (Phi) is 9.98. The summed E-state index contributed by atoms with van der Waals surface area (Å²) in [5.41, 5.74) is 2.03. The Morgan fingerprint density at radius 1 is 0.853 bits per heavy atom. The molecule has 2 N–H and O–H groups in total. The van der Waals surface area contributed by atoms with Gasteiger partial charge in [-0.15, -0.1) is 0 Å². The fraction of sp³-hybridized carbons (Fsp3) is 0.0800. The van der Waals surface area contributed by atoms with Crippen molar-refractivity contribution in [1.29, 1.82) is 0 Å². The van der Waals surface area contributed by atoms with Crippen molar-refractivity contribution in [1.82, 2.24) is 15.0 Å². The molecule has 34 heavy (non-hydrogen) atoms. The van der Waals surface area contributed by atoms with Crippen LogP contribution in [-0.2, 0) is 19.5 Å². The average Bonchev–Trinajstić information content (AvgIpc) is 2.86. The number of halogens is 1. The molecule has 3 aromatic carbocycles. The van der Waals surface area contributed by atoms with E-state index in [1.807, 2.05) is 48.5 Å². The van der Waals surface area contributed by atoms with E-state index in [-0.39, 0.29) is 37.6 Å². The van der Waals surface area contributed by atoms with E-state index in [1.165, 1.54) is 6.33 Å². The first-order chi connectivity index (χ1) is 15.7. The molecule has 2 aromatic heterocycles. The molecule has 0 spiro atoms. The van der Waals surface area contributed by atoms with Gasteiger partial charge in [0.2, 0.25) is 0 Å². The molecule has 0 fully saturated rings. The van der Waals surface area contributed by atoms with Gasteiger partial charge in [0, 0.05) is 28.7 Å². The number of anilines is 2. The summed E-state index contributed by atoms with van der Waals surface area (Å²) in [6.07, 6.45) is 3.13. The number of nitrogens with one attached hydrogen (secondary N) is 1. The minimum absolute atomic E-state index is 0. The van der Waals surface area contributed by atoms with Crippen LogP contribution in [0.1, 0.15) is 0 Å². The van der Waals surface area contributed by atoms with Crippen LogP contribution in [0.4, 0.5) is 11.5 Å². The summed E-state index contributed by atoms with van der Waals surface area (Å²) in [6, 6.07) is 23.2. The fourth-order valence-electron chi connectivity index (χ4n) is 3.22. The molecule has 7 nitrogen and oxygen atoms in total. The number of methoxy groups -OCH3 is 2. The standard InChI is InChI=1S/C19H16N4O3.C6H5.ClH.Ru/c1-25-16-8-12-14(9-17(16)26-2)21-10-22-19(12)23-13-5-6-15(24)18-11(13)4-3-7-20-18;1-2-4-6-5-3-1;;/h3-10,24H,1-2H3,(H,21,22,23);1-5H;1H;/q;-1;;+2/p-1. The summed E-state index contributed by atoms with van der Waals surface area (Å²) in [7, 11) is 3.17. The van der Waals surface area contributed by atoms with Gasteiger partial charge in [-0.05, 0) is 30.3 Å². The summed E-state index contributed by atoms with van der Waals surface area (Å²) in [6.45, 7) is 0. The molecule has 2 heterocycles. The Morgan fingerprint density at radius 2 is 1.59 bits per heavy atom. The monoisotopic (exact) mass is 562 g/mol. The predicted octanol–water partition coefficient (Wildman–Crippen LogP) is 2.13. The maximum atomic E-state index is 10.0. The van der Waals surface area contributed by atoms with Crippen molar-refractivity contribution >= 4 is 33.3 Å². The summed E-state index contributed by atoms with van der Waals surface area (Å²) < 4.78 is 10.7. The largest absolute Gasteiger partial charge is 2.00 e. The number of benzene rings is 3. The van der Waals surface area contributed by atoms with Gasteiger partial charge >= 0.3 is 19.5 Å². The number of phenols is 1. The van der Waals surface area contributed by atoms with Gasteiger partial charge in [-0.3, -0.25) is 4.98 Å². The number of rotatable bonds is 4. The number of aromatic nitrogens is 3. The van der Waals surface area contributed by atoms with Crippen LogP contribution in [0.5, 0.6) is 17.2 Å². The quantitative estimate of drug-likeness (QED) is 0.197. The Bertz CT molecular complexity index is 1330. The number of phenolic OH excluding ortho intramolecular Hbond substituents is 1. The Balaban J connectivity index is 0.000000448. The molecule has 174 valence electrons. The predicted molar refractivity (Wildman–Crippen MR) is 125 cm³/mol. The molecule has 0 radical (unpaired) electrons. The molecule has 9 heteroatoms. The second-order valence-electron chi connectivity index (χ2n) is 6.68. The molecule has 0 aliphatic rings. The smallest absolute Gasteiger partial charge is 1.00 e. The van der Waals surface area contributed by atoms with Gasteiger partial charge < -0.3 is 32.3 Å². The Morgan fingerprint density at radius 3 is 2.24 bits per heavy atom. The van der Waals surface area contributed by atoms with Crippen LogP contribution in [0.15, 0.2) is 79.3 Å². The first kappa shape index (κ1) is 26.8. The molecule has 5 rings (SSSR count). The number of fused-ring (bicyclic) bond motifs is 2. The van der Waals surface area contributed by atoms with Crippen LogP contribution in [0.2, 0.25) is 0 Å². The molecule has 0 saturated heterocycles. The zero-order chi connectivity index (χ0) is 22.3. The summed E-state index contributed by atoms with van der Waals surface area (Å²) >= 11 is 0. The maximum absolute atomic E-state index is 10.0. The topological polar surface area (TPSA) is 89.4 Å².